The number of benzene rings is 1. The van der Waals surface area contributed by atoms with E-state index < -0.39 is 0 Å². The molecule has 3 heteroatoms. The van der Waals surface area contributed by atoms with Crippen LogP contribution >= 0.6 is 0 Å². The Morgan fingerprint density at radius 3 is 2.78 bits per heavy atom. The summed E-state index contributed by atoms with van der Waals surface area (Å²) in [5.41, 5.74) is 8.53. The Morgan fingerprint density at radius 1 is 1.44 bits per heavy atom. The molecule has 96 valence electrons. The van der Waals surface area contributed by atoms with Crippen molar-refractivity contribution >= 4 is 11.6 Å². The average molecular weight is 244 g/mol. The maximum absolute atomic E-state index is 12.2. The fraction of sp³-hybridized carbons (Fsp3) is 0.533. The summed E-state index contributed by atoms with van der Waals surface area (Å²) in [4.78, 5) is 12.2. The third-order valence-corrected chi connectivity index (χ3v) is 4.44. The van der Waals surface area contributed by atoms with Crippen LogP contribution in [-0.2, 0) is 0 Å². The molecular formula is C15H20N2O. The lowest BCUT2D eigenvalue weighted by atomic mass is 10.0. The average Bonchev–Trinajstić information content (AvgIpc) is 3.21. The number of nitrogens with one attached hydrogen (secondary N) is 1. The lowest BCUT2D eigenvalue weighted by molar-refractivity contribution is 0.0942. The van der Waals surface area contributed by atoms with E-state index in [9.17, 15) is 4.79 Å². The first-order valence-corrected chi connectivity index (χ1v) is 6.75. The second-order valence-electron chi connectivity index (χ2n) is 5.89. The van der Waals surface area contributed by atoms with Crippen LogP contribution in [0.4, 0.5) is 5.69 Å². The molecule has 0 atom stereocenters. The highest BCUT2D eigenvalue weighted by atomic mass is 16.1. The number of carbonyl (C=O) groups excluding carboxylic acids is 1. The van der Waals surface area contributed by atoms with Crippen LogP contribution in [0.1, 0.15) is 41.6 Å². The molecule has 0 saturated heterocycles. The summed E-state index contributed by atoms with van der Waals surface area (Å²) >= 11 is 0. The summed E-state index contributed by atoms with van der Waals surface area (Å²) < 4.78 is 0. The third-order valence-electron chi connectivity index (χ3n) is 4.44. The molecule has 1 amide bonds. The summed E-state index contributed by atoms with van der Waals surface area (Å²) in [7, 11) is 0. The van der Waals surface area contributed by atoms with Crippen molar-refractivity contribution in [3.05, 3.63) is 29.3 Å². The molecule has 0 radical (unpaired) electrons. The van der Waals surface area contributed by atoms with Crippen molar-refractivity contribution in [1.29, 1.82) is 0 Å². The van der Waals surface area contributed by atoms with Gasteiger partial charge in [0.15, 0.2) is 0 Å². The van der Waals surface area contributed by atoms with Gasteiger partial charge in [-0.25, -0.2) is 0 Å². The van der Waals surface area contributed by atoms with Gasteiger partial charge in [-0.3, -0.25) is 4.79 Å². The quantitative estimate of drug-likeness (QED) is 0.799. The Morgan fingerprint density at radius 2 is 2.17 bits per heavy atom. The molecule has 2 fully saturated rings. The van der Waals surface area contributed by atoms with Crippen molar-refractivity contribution in [3.8, 4) is 0 Å². The van der Waals surface area contributed by atoms with Crippen molar-refractivity contribution < 1.29 is 4.79 Å². The summed E-state index contributed by atoms with van der Waals surface area (Å²) in [5.74, 6) is 0.895. The summed E-state index contributed by atoms with van der Waals surface area (Å²) in [6, 6.07) is 5.50. The van der Waals surface area contributed by atoms with Crippen LogP contribution in [0, 0.1) is 18.3 Å². The largest absolute Gasteiger partial charge is 0.399 e. The minimum absolute atomic E-state index is 0.0201. The van der Waals surface area contributed by atoms with E-state index in [-0.39, 0.29) is 5.91 Å². The van der Waals surface area contributed by atoms with Crippen LogP contribution in [0.25, 0.3) is 0 Å². The highest BCUT2D eigenvalue weighted by Crippen LogP contribution is 2.60. The van der Waals surface area contributed by atoms with Gasteiger partial charge in [-0.1, -0.05) is 6.07 Å². The van der Waals surface area contributed by atoms with Gasteiger partial charge in [-0.2, -0.15) is 0 Å². The first kappa shape index (κ1) is 11.6. The van der Waals surface area contributed by atoms with E-state index in [0.717, 1.165) is 18.0 Å². The zero-order valence-corrected chi connectivity index (χ0v) is 10.8. The number of hydrogen-bond donors (Lipinski definition) is 2. The van der Waals surface area contributed by atoms with E-state index >= 15 is 0 Å². The second kappa shape index (κ2) is 4.01. The molecule has 3 nitrogen and oxygen atoms in total. The van der Waals surface area contributed by atoms with Crippen LogP contribution in [0.5, 0.6) is 0 Å². The number of aryl methyl sites for hydroxylation is 1. The van der Waals surface area contributed by atoms with E-state index in [2.05, 4.69) is 5.32 Å². The first-order chi connectivity index (χ1) is 8.61. The number of rotatable bonds is 4. The third kappa shape index (κ3) is 2.09. The highest BCUT2D eigenvalue weighted by molar-refractivity contribution is 5.96. The molecule has 18 heavy (non-hydrogen) atoms. The maximum Gasteiger partial charge on any atom is 0.251 e. The van der Waals surface area contributed by atoms with Crippen LogP contribution < -0.4 is 11.1 Å². The van der Waals surface area contributed by atoms with Crippen molar-refractivity contribution in [3.63, 3.8) is 0 Å². The predicted octanol–water partition coefficient (Wildman–Crippen LogP) is 2.50. The highest BCUT2D eigenvalue weighted by Gasteiger charge is 2.53. The molecule has 0 bridgehead atoms. The van der Waals surface area contributed by atoms with Gasteiger partial charge in [0.2, 0.25) is 0 Å². The van der Waals surface area contributed by atoms with Crippen molar-refractivity contribution in [2.45, 2.75) is 32.6 Å². The Hall–Kier alpha value is -1.51. The van der Waals surface area contributed by atoms with Gasteiger partial charge in [0.25, 0.3) is 5.91 Å². The van der Waals surface area contributed by atoms with Gasteiger partial charge >= 0.3 is 0 Å². The Balaban J connectivity index is 1.65. The number of anilines is 1. The zero-order chi connectivity index (χ0) is 12.8. The molecule has 0 spiro atoms. The van der Waals surface area contributed by atoms with E-state index in [1.165, 1.54) is 25.7 Å². The van der Waals surface area contributed by atoms with Crippen LogP contribution in [-0.4, -0.2) is 12.5 Å². The summed E-state index contributed by atoms with van der Waals surface area (Å²) in [6.07, 6.45) is 5.28. The normalized spacial score (nSPS) is 20.5. The van der Waals surface area contributed by atoms with Gasteiger partial charge < -0.3 is 11.1 Å². The fourth-order valence-corrected chi connectivity index (χ4v) is 2.82. The van der Waals surface area contributed by atoms with Crippen molar-refractivity contribution in [2.75, 3.05) is 12.3 Å². The number of nitrogen functional groups attached to an aromatic ring is 1. The van der Waals surface area contributed by atoms with Crippen LogP contribution in [0.15, 0.2) is 18.2 Å². The molecule has 0 heterocycles. The molecule has 0 unspecified atom stereocenters. The minimum Gasteiger partial charge on any atom is -0.399 e. The molecular weight excluding hydrogens is 224 g/mol. The van der Waals surface area contributed by atoms with Gasteiger partial charge in [0.05, 0.1) is 0 Å². The minimum atomic E-state index is 0.0201. The van der Waals surface area contributed by atoms with E-state index in [1.807, 2.05) is 19.1 Å². The fourth-order valence-electron chi connectivity index (χ4n) is 2.82. The Kier molecular flexibility index (Phi) is 2.58. The smallest absolute Gasteiger partial charge is 0.251 e. The van der Waals surface area contributed by atoms with E-state index in [0.29, 0.717) is 16.7 Å². The lowest BCUT2D eigenvalue weighted by Gasteiger charge is -2.15. The molecule has 2 saturated carbocycles. The molecule has 2 aliphatic rings. The van der Waals surface area contributed by atoms with Crippen molar-refractivity contribution in [1.82, 2.24) is 5.32 Å². The lowest BCUT2D eigenvalue weighted by Crippen LogP contribution is -2.31. The summed E-state index contributed by atoms with van der Waals surface area (Å²) in [5, 5.41) is 3.10. The molecule has 0 aliphatic heterocycles. The topological polar surface area (TPSA) is 55.1 Å². The molecule has 1 aromatic carbocycles. The van der Waals surface area contributed by atoms with Gasteiger partial charge in [0, 0.05) is 17.8 Å². The number of nitrogens with two attached hydrogens (primary N) is 1. The second-order valence-corrected chi connectivity index (χ2v) is 5.89. The van der Waals surface area contributed by atoms with Crippen LogP contribution in [0.3, 0.4) is 0 Å². The molecule has 3 rings (SSSR count). The molecule has 1 aromatic rings. The Bertz CT molecular complexity index is 487. The standard InChI is InChI=1S/C15H20N2O/c1-10-2-5-12(16)8-13(10)14(18)17-9-15(6-7-15)11-3-4-11/h2,5,8,11H,3-4,6-7,9,16H2,1H3,(H,17,18). The van der Waals surface area contributed by atoms with Gasteiger partial charge in [0.1, 0.15) is 0 Å². The van der Waals surface area contributed by atoms with Gasteiger partial charge in [-0.05, 0) is 61.6 Å². The molecule has 3 N–H and O–H groups in total. The maximum atomic E-state index is 12.2. The molecule has 0 aromatic heterocycles. The summed E-state index contributed by atoms with van der Waals surface area (Å²) in [6.45, 7) is 2.78. The SMILES string of the molecule is Cc1ccc(N)cc1C(=O)NCC1(C2CC2)CC1. The Labute approximate surface area is 108 Å². The van der Waals surface area contributed by atoms with E-state index in [4.69, 9.17) is 5.73 Å². The number of carbonyl (C=O) groups is 1. The number of amides is 1. The molecule has 2 aliphatic carbocycles. The first-order valence-electron chi connectivity index (χ1n) is 6.75. The number of hydrogen-bond acceptors (Lipinski definition) is 2. The van der Waals surface area contributed by atoms with Crippen molar-refractivity contribution in [2.24, 2.45) is 11.3 Å². The monoisotopic (exact) mass is 244 g/mol. The van der Waals surface area contributed by atoms with Gasteiger partial charge in [-0.15, -0.1) is 0 Å². The zero-order valence-electron chi connectivity index (χ0n) is 10.8. The van der Waals surface area contributed by atoms with Crippen LogP contribution in [0.2, 0.25) is 0 Å². The van der Waals surface area contributed by atoms with E-state index in [1.54, 1.807) is 6.07 Å². The predicted molar refractivity (Wildman–Crippen MR) is 72.3 cm³/mol.